The summed E-state index contributed by atoms with van der Waals surface area (Å²) in [5, 5.41) is 2.68. The van der Waals surface area contributed by atoms with Gasteiger partial charge in [0.05, 0.1) is 18.6 Å². The Labute approximate surface area is 148 Å². The van der Waals surface area contributed by atoms with Gasteiger partial charge in [-0.15, -0.1) is 0 Å². The van der Waals surface area contributed by atoms with Crippen molar-refractivity contribution in [1.82, 2.24) is 10.0 Å². The van der Waals surface area contributed by atoms with Crippen molar-refractivity contribution in [3.8, 4) is 5.75 Å². The highest BCUT2D eigenvalue weighted by Crippen LogP contribution is 2.16. The molecule has 0 fully saturated rings. The molecule has 0 bridgehead atoms. The Morgan fingerprint density at radius 1 is 1.08 bits per heavy atom. The zero-order chi connectivity index (χ0) is 18.4. The normalized spacial score (nSPS) is 11.2. The molecule has 0 saturated heterocycles. The van der Waals surface area contributed by atoms with E-state index >= 15 is 0 Å². The van der Waals surface area contributed by atoms with E-state index in [0.717, 1.165) is 16.9 Å². The van der Waals surface area contributed by atoms with Gasteiger partial charge in [-0.25, -0.2) is 13.1 Å². The Morgan fingerprint density at radius 3 is 2.40 bits per heavy atom. The minimum Gasteiger partial charge on any atom is -0.497 e. The first-order valence-electron chi connectivity index (χ1n) is 7.78. The number of benzene rings is 2. The molecule has 0 unspecified atom stereocenters. The van der Waals surface area contributed by atoms with Gasteiger partial charge in [-0.3, -0.25) is 4.79 Å². The summed E-state index contributed by atoms with van der Waals surface area (Å²) < 4.78 is 32.1. The van der Waals surface area contributed by atoms with Crippen LogP contribution in [0.4, 0.5) is 0 Å². The number of rotatable bonds is 7. The lowest BCUT2D eigenvalue weighted by molar-refractivity contribution is -0.120. The van der Waals surface area contributed by atoms with E-state index in [9.17, 15) is 13.2 Å². The van der Waals surface area contributed by atoms with Gasteiger partial charge in [0.2, 0.25) is 15.9 Å². The summed E-state index contributed by atoms with van der Waals surface area (Å²) in [6, 6.07) is 12.4. The fourth-order valence-corrected chi connectivity index (χ4v) is 3.55. The fraction of sp³-hybridized carbons (Fsp3) is 0.278. The van der Waals surface area contributed by atoms with Crippen molar-refractivity contribution in [1.29, 1.82) is 0 Å². The van der Waals surface area contributed by atoms with Crippen molar-refractivity contribution >= 4 is 15.9 Å². The first kappa shape index (κ1) is 19.0. The third-order valence-corrected chi connectivity index (χ3v) is 5.25. The molecule has 2 N–H and O–H groups in total. The Balaban J connectivity index is 1.91. The molecule has 2 rings (SSSR count). The number of carbonyl (C=O) groups is 1. The summed E-state index contributed by atoms with van der Waals surface area (Å²) >= 11 is 0. The minimum absolute atomic E-state index is 0.190. The summed E-state index contributed by atoms with van der Waals surface area (Å²) in [4.78, 5) is 12.1. The third kappa shape index (κ3) is 5.30. The van der Waals surface area contributed by atoms with Gasteiger partial charge < -0.3 is 10.1 Å². The SMILES string of the molecule is COc1ccc(CNC(=O)CNS(=O)(=O)c2cc(C)ccc2C)cc1. The number of aryl methyl sites for hydroxylation is 2. The molecule has 1 amide bonds. The quantitative estimate of drug-likeness (QED) is 0.788. The second kappa shape index (κ2) is 8.13. The van der Waals surface area contributed by atoms with Crippen LogP contribution in [0.15, 0.2) is 47.4 Å². The van der Waals surface area contributed by atoms with Gasteiger partial charge in [0.25, 0.3) is 0 Å². The van der Waals surface area contributed by atoms with Crippen LogP contribution >= 0.6 is 0 Å². The molecule has 2 aromatic rings. The molecule has 0 aromatic heterocycles. The molecule has 0 aliphatic heterocycles. The van der Waals surface area contributed by atoms with Crippen LogP contribution < -0.4 is 14.8 Å². The van der Waals surface area contributed by atoms with E-state index in [-0.39, 0.29) is 11.4 Å². The van der Waals surface area contributed by atoms with Gasteiger partial charge in [-0.2, -0.15) is 0 Å². The van der Waals surface area contributed by atoms with E-state index in [4.69, 9.17) is 4.74 Å². The maximum absolute atomic E-state index is 12.3. The van der Waals surface area contributed by atoms with E-state index < -0.39 is 15.9 Å². The van der Waals surface area contributed by atoms with Crippen molar-refractivity contribution in [3.63, 3.8) is 0 Å². The highest BCUT2D eigenvalue weighted by atomic mass is 32.2. The van der Waals surface area contributed by atoms with Gasteiger partial charge in [0, 0.05) is 6.54 Å². The average Bonchev–Trinajstić information content (AvgIpc) is 2.60. The smallest absolute Gasteiger partial charge is 0.241 e. The van der Waals surface area contributed by atoms with Crippen molar-refractivity contribution in [2.75, 3.05) is 13.7 Å². The summed E-state index contributed by atoms with van der Waals surface area (Å²) in [5.74, 6) is 0.334. The lowest BCUT2D eigenvalue weighted by atomic mass is 10.2. The largest absolute Gasteiger partial charge is 0.497 e. The van der Waals surface area contributed by atoms with E-state index in [1.165, 1.54) is 0 Å². The maximum atomic E-state index is 12.3. The van der Waals surface area contributed by atoms with Gasteiger partial charge in [-0.1, -0.05) is 24.3 Å². The van der Waals surface area contributed by atoms with Gasteiger partial charge in [-0.05, 0) is 48.7 Å². The van der Waals surface area contributed by atoms with Crippen LogP contribution in [0.1, 0.15) is 16.7 Å². The zero-order valence-electron chi connectivity index (χ0n) is 14.5. The summed E-state index contributed by atoms with van der Waals surface area (Å²) in [5.41, 5.74) is 2.37. The number of carbonyl (C=O) groups excluding carboxylic acids is 1. The van der Waals surface area contributed by atoms with Crippen LogP contribution in [0.2, 0.25) is 0 Å². The van der Waals surface area contributed by atoms with E-state index in [1.54, 1.807) is 38.3 Å². The fourth-order valence-electron chi connectivity index (χ4n) is 2.24. The molecule has 0 saturated carbocycles. The molecule has 0 aliphatic carbocycles. The topological polar surface area (TPSA) is 84.5 Å². The van der Waals surface area contributed by atoms with Crippen LogP contribution in [0.25, 0.3) is 0 Å². The van der Waals surface area contributed by atoms with E-state index in [2.05, 4.69) is 10.0 Å². The molecule has 2 aromatic carbocycles. The van der Waals surface area contributed by atoms with Crippen LogP contribution in [-0.4, -0.2) is 28.0 Å². The summed E-state index contributed by atoms with van der Waals surface area (Å²) in [6.07, 6.45) is 0. The molecular formula is C18H22N2O4S. The molecule has 7 heteroatoms. The first-order valence-corrected chi connectivity index (χ1v) is 9.26. The standard InChI is InChI=1S/C18H22N2O4S/c1-13-4-5-14(2)17(10-13)25(22,23)20-12-18(21)19-11-15-6-8-16(24-3)9-7-15/h4-10,20H,11-12H2,1-3H3,(H,19,21). The van der Waals surface area contributed by atoms with Gasteiger partial charge in [0.15, 0.2) is 0 Å². The van der Waals surface area contributed by atoms with Gasteiger partial charge >= 0.3 is 0 Å². The van der Waals surface area contributed by atoms with E-state index in [0.29, 0.717) is 12.1 Å². The second-order valence-corrected chi connectivity index (χ2v) is 7.45. The van der Waals surface area contributed by atoms with Crippen molar-refractivity contribution < 1.29 is 17.9 Å². The monoisotopic (exact) mass is 362 g/mol. The molecule has 0 aliphatic rings. The number of nitrogens with one attached hydrogen (secondary N) is 2. The molecule has 6 nitrogen and oxygen atoms in total. The summed E-state index contributed by atoms with van der Waals surface area (Å²) in [7, 11) is -2.15. The average molecular weight is 362 g/mol. The molecular weight excluding hydrogens is 340 g/mol. The minimum atomic E-state index is -3.73. The number of ether oxygens (including phenoxy) is 1. The number of sulfonamides is 1. The molecule has 0 radical (unpaired) electrons. The Bertz CT molecular complexity index is 846. The Hall–Kier alpha value is -2.38. The van der Waals surface area contributed by atoms with Crippen LogP contribution in [0.5, 0.6) is 5.75 Å². The zero-order valence-corrected chi connectivity index (χ0v) is 15.3. The first-order chi connectivity index (χ1) is 11.8. The summed E-state index contributed by atoms with van der Waals surface area (Å²) in [6.45, 7) is 3.54. The predicted molar refractivity (Wildman–Crippen MR) is 95.9 cm³/mol. The van der Waals surface area contributed by atoms with Crippen LogP contribution in [-0.2, 0) is 21.4 Å². The number of hydrogen-bond acceptors (Lipinski definition) is 4. The highest BCUT2D eigenvalue weighted by Gasteiger charge is 2.18. The lowest BCUT2D eigenvalue weighted by Crippen LogP contribution is -2.36. The third-order valence-electron chi connectivity index (χ3n) is 3.70. The highest BCUT2D eigenvalue weighted by molar-refractivity contribution is 7.89. The predicted octanol–water partition coefficient (Wildman–Crippen LogP) is 1.91. The molecule has 0 atom stereocenters. The Kier molecular flexibility index (Phi) is 6.17. The van der Waals surface area contributed by atoms with Crippen molar-refractivity contribution in [2.24, 2.45) is 0 Å². The maximum Gasteiger partial charge on any atom is 0.241 e. The van der Waals surface area contributed by atoms with Crippen LogP contribution in [0.3, 0.4) is 0 Å². The number of methoxy groups -OCH3 is 1. The molecule has 0 spiro atoms. The van der Waals surface area contributed by atoms with Crippen LogP contribution in [0, 0.1) is 13.8 Å². The number of amides is 1. The molecule has 134 valence electrons. The second-order valence-electron chi connectivity index (χ2n) is 5.72. The van der Waals surface area contributed by atoms with Crippen molar-refractivity contribution in [2.45, 2.75) is 25.3 Å². The van der Waals surface area contributed by atoms with Gasteiger partial charge in [0.1, 0.15) is 5.75 Å². The lowest BCUT2D eigenvalue weighted by Gasteiger charge is -2.10. The van der Waals surface area contributed by atoms with Crippen molar-refractivity contribution in [3.05, 3.63) is 59.2 Å². The molecule has 25 heavy (non-hydrogen) atoms. The molecule has 0 heterocycles. The number of hydrogen-bond donors (Lipinski definition) is 2. The van der Waals surface area contributed by atoms with E-state index in [1.807, 2.05) is 25.1 Å². The Morgan fingerprint density at radius 2 is 1.76 bits per heavy atom.